The first-order valence-corrected chi connectivity index (χ1v) is 14.7. The fourth-order valence-corrected chi connectivity index (χ4v) is 5.96. The highest BCUT2D eigenvalue weighted by Gasteiger charge is 2.26. The van der Waals surface area contributed by atoms with Crippen LogP contribution in [-0.4, -0.2) is 35.0 Å². The highest BCUT2D eigenvalue weighted by molar-refractivity contribution is 7.98. The van der Waals surface area contributed by atoms with Crippen molar-refractivity contribution in [3.8, 4) is 11.1 Å². The fraction of sp³-hybridized carbons (Fsp3) is 0.533. The number of aliphatic carboxylic acids is 1. The van der Waals surface area contributed by atoms with E-state index in [2.05, 4.69) is 18.3 Å². The first-order chi connectivity index (χ1) is 17.3. The van der Waals surface area contributed by atoms with Crippen LogP contribution in [0.2, 0.25) is 0 Å². The molecule has 0 bridgehead atoms. The molecule has 0 aliphatic heterocycles. The lowest BCUT2D eigenvalue weighted by Gasteiger charge is -2.30. The smallest absolute Gasteiger partial charge is 0.326 e. The maximum atomic E-state index is 13.3. The summed E-state index contributed by atoms with van der Waals surface area (Å²) in [6.45, 7) is 4.25. The molecule has 5 nitrogen and oxygen atoms in total. The summed E-state index contributed by atoms with van der Waals surface area (Å²) >= 11 is 1.57. The van der Waals surface area contributed by atoms with Gasteiger partial charge in [0.05, 0.1) is 0 Å². The zero-order valence-electron chi connectivity index (χ0n) is 22.0. The Bertz CT molecular complexity index is 1020. The van der Waals surface area contributed by atoms with Gasteiger partial charge in [0.25, 0.3) is 5.91 Å². The summed E-state index contributed by atoms with van der Waals surface area (Å²) in [5.41, 5.74) is 11.2. The molecule has 0 spiro atoms. The van der Waals surface area contributed by atoms with Crippen molar-refractivity contribution in [1.82, 2.24) is 5.32 Å². The number of rotatable bonds is 12. The molecule has 3 atom stereocenters. The Hall–Kier alpha value is -2.31. The lowest BCUT2D eigenvalue weighted by atomic mass is 9.78. The predicted octanol–water partition coefficient (Wildman–Crippen LogP) is 6.59. The molecule has 3 rings (SSSR count). The van der Waals surface area contributed by atoms with Crippen LogP contribution in [-0.2, 0) is 4.79 Å². The molecule has 2 aromatic carbocycles. The molecule has 1 amide bonds. The van der Waals surface area contributed by atoms with Crippen LogP contribution in [0.5, 0.6) is 0 Å². The van der Waals surface area contributed by atoms with Crippen molar-refractivity contribution in [3.63, 3.8) is 0 Å². The van der Waals surface area contributed by atoms with Crippen molar-refractivity contribution in [2.24, 2.45) is 17.6 Å². The second-order valence-corrected chi connectivity index (χ2v) is 11.2. The number of carbonyl (C=O) groups is 2. The van der Waals surface area contributed by atoms with Crippen molar-refractivity contribution >= 4 is 23.6 Å². The average Bonchev–Trinajstić information content (AvgIpc) is 2.89. The molecule has 36 heavy (non-hydrogen) atoms. The summed E-state index contributed by atoms with van der Waals surface area (Å²) in [7, 11) is 0. The van der Waals surface area contributed by atoms with E-state index in [9.17, 15) is 14.7 Å². The molecule has 0 heterocycles. The maximum absolute atomic E-state index is 13.3. The monoisotopic (exact) mass is 510 g/mol. The Morgan fingerprint density at radius 3 is 2.47 bits per heavy atom. The third-order valence-electron chi connectivity index (χ3n) is 7.72. The molecule has 2 aromatic rings. The van der Waals surface area contributed by atoms with Gasteiger partial charge >= 0.3 is 5.97 Å². The van der Waals surface area contributed by atoms with Crippen LogP contribution in [0.25, 0.3) is 11.1 Å². The lowest BCUT2D eigenvalue weighted by Crippen LogP contribution is -2.41. The van der Waals surface area contributed by atoms with Crippen molar-refractivity contribution < 1.29 is 14.7 Å². The topological polar surface area (TPSA) is 92.4 Å². The summed E-state index contributed by atoms with van der Waals surface area (Å²) in [6, 6.07) is 12.8. The number of nitrogens with one attached hydrogen (secondary N) is 1. The molecule has 1 saturated carbocycles. The Kier molecular flexibility index (Phi) is 10.9. The number of thioether (sulfide) groups is 1. The van der Waals surface area contributed by atoms with Crippen molar-refractivity contribution in [2.75, 3.05) is 12.0 Å². The molecule has 1 aliphatic rings. The summed E-state index contributed by atoms with van der Waals surface area (Å²) in [5, 5.41) is 12.4. The summed E-state index contributed by atoms with van der Waals surface area (Å²) in [4.78, 5) is 25.1. The number of nitrogens with two attached hydrogens (primary N) is 1. The number of hydrogen-bond acceptors (Lipinski definition) is 4. The Labute approximate surface area is 220 Å². The maximum Gasteiger partial charge on any atom is 0.326 e. The normalized spacial score (nSPS) is 16.8. The first-order valence-electron chi connectivity index (χ1n) is 13.3. The zero-order valence-corrected chi connectivity index (χ0v) is 22.8. The molecule has 1 fully saturated rings. The van der Waals surface area contributed by atoms with Gasteiger partial charge < -0.3 is 16.2 Å². The zero-order chi connectivity index (χ0) is 26.1. The van der Waals surface area contributed by atoms with E-state index in [0.29, 0.717) is 23.7 Å². The highest BCUT2D eigenvalue weighted by Crippen LogP contribution is 2.37. The fourth-order valence-electron chi connectivity index (χ4n) is 5.48. The predicted molar refractivity (Wildman–Crippen MR) is 150 cm³/mol. The third-order valence-corrected chi connectivity index (χ3v) is 8.36. The standard InChI is InChI=1S/C30H42N2O3S/c1-4-22(18-21-11-6-5-7-12-21)28(31)23-14-15-25(26(19-23)24-13-9-8-10-20(24)2)29(33)32-27(30(34)35)16-17-36-3/h8-10,13-15,19,21-22,27-28H,4-7,11-12,16-18,31H2,1-3H3,(H,32,33)(H,34,35). The van der Waals surface area contributed by atoms with E-state index >= 15 is 0 Å². The molecule has 1 aliphatic carbocycles. The molecule has 0 radical (unpaired) electrons. The minimum atomic E-state index is -1.01. The molecular weight excluding hydrogens is 468 g/mol. The molecule has 0 aromatic heterocycles. The van der Waals surface area contributed by atoms with Gasteiger partial charge in [-0.05, 0) is 78.0 Å². The van der Waals surface area contributed by atoms with E-state index in [0.717, 1.165) is 41.0 Å². The molecule has 6 heteroatoms. The van der Waals surface area contributed by atoms with Crippen molar-refractivity contribution in [1.29, 1.82) is 0 Å². The van der Waals surface area contributed by atoms with Crippen molar-refractivity contribution in [3.05, 3.63) is 59.2 Å². The number of carboxylic acid groups (broad SMARTS) is 1. The quantitative estimate of drug-likeness (QED) is 0.299. The van der Waals surface area contributed by atoms with E-state index in [1.165, 1.54) is 32.1 Å². The van der Waals surface area contributed by atoms with Crippen LogP contribution in [0.15, 0.2) is 42.5 Å². The van der Waals surface area contributed by atoms with Gasteiger partial charge in [-0.1, -0.05) is 75.8 Å². The van der Waals surface area contributed by atoms with Gasteiger partial charge in [0, 0.05) is 11.6 Å². The van der Waals surface area contributed by atoms with Crippen LogP contribution in [0, 0.1) is 18.8 Å². The van der Waals surface area contributed by atoms with Gasteiger partial charge in [-0.2, -0.15) is 11.8 Å². The number of amides is 1. The van der Waals surface area contributed by atoms with E-state index in [-0.39, 0.29) is 11.9 Å². The van der Waals surface area contributed by atoms with Gasteiger partial charge in [0.2, 0.25) is 0 Å². The summed E-state index contributed by atoms with van der Waals surface area (Å²) < 4.78 is 0. The minimum Gasteiger partial charge on any atom is -0.480 e. The average molecular weight is 511 g/mol. The molecule has 3 unspecified atom stereocenters. The third kappa shape index (κ3) is 7.36. The van der Waals surface area contributed by atoms with Crippen molar-refractivity contribution in [2.45, 2.75) is 77.3 Å². The van der Waals surface area contributed by atoms with Gasteiger partial charge in [-0.3, -0.25) is 4.79 Å². The number of benzene rings is 2. The Morgan fingerprint density at radius 1 is 1.11 bits per heavy atom. The molecule has 0 saturated heterocycles. The number of hydrogen-bond donors (Lipinski definition) is 3. The van der Waals surface area contributed by atoms with E-state index in [4.69, 9.17) is 5.73 Å². The van der Waals surface area contributed by atoms with Gasteiger partial charge in [-0.25, -0.2) is 4.79 Å². The molecular formula is C30H42N2O3S. The summed E-state index contributed by atoms with van der Waals surface area (Å²) in [6.07, 6.45) is 11.1. The number of carbonyl (C=O) groups excluding carboxylic acids is 1. The number of carboxylic acids is 1. The van der Waals surface area contributed by atoms with Gasteiger partial charge in [0.1, 0.15) is 6.04 Å². The van der Waals surface area contributed by atoms with E-state index in [1.807, 2.05) is 49.6 Å². The van der Waals surface area contributed by atoms with E-state index < -0.39 is 12.0 Å². The first kappa shape index (κ1) is 28.3. The van der Waals surface area contributed by atoms with Crippen LogP contribution >= 0.6 is 11.8 Å². The van der Waals surface area contributed by atoms with Crippen LogP contribution in [0.1, 0.15) is 85.8 Å². The Morgan fingerprint density at radius 2 is 1.83 bits per heavy atom. The molecule has 196 valence electrons. The van der Waals surface area contributed by atoms with Crippen LogP contribution < -0.4 is 11.1 Å². The minimum absolute atomic E-state index is 0.106. The largest absolute Gasteiger partial charge is 0.480 e. The molecule has 4 N–H and O–H groups in total. The second kappa shape index (κ2) is 13.8. The highest BCUT2D eigenvalue weighted by atomic mass is 32.2. The SMILES string of the molecule is CCC(CC1CCCCC1)C(N)c1ccc(C(=O)NC(CCSC)C(=O)O)c(-c2ccccc2C)c1. The van der Waals surface area contributed by atoms with Crippen LogP contribution in [0.4, 0.5) is 0 Å². The second-order valence-electron chi connectivity index (χ2n) is 10.2. The number of aryl methyl sites for hydroxylation is 1. The van der Waals surface area contributed by atoms with Crippen LogP contribution in [0.3, 0.4) is 0 Å². The Balaban J connectivity index is 1.93. The van der Waals surface area contributed by atoms with Gasteiger partial charge in [0.15, 0.2) is 0 Å². The summed E-state index contributed by atoms with van der Waals surface area (Å²) in [5.74, 6) is 0.429. The lowest BCUT2D eigenvalue weighted by molar-refractivity contribution is -0.139. The van der Waals surface area contributed by atoms with Gasteiger partial charge in [-0.15, -0.1) is 0 Å². The van der Waals surface area contributed by atoms with E-state index in [1.54, 1.807) is 11.8 Å².